The summed E-state index contributed by atoms with van der Waals surface area (Å²) in [5, 5.41) is 14.6. The van der Waals surface area contributed by atoms with Crippen LogP contribution in [0.25, 0.3) is 11.4 Å². The van der Waals surface area contributed by atoms with Crippen LogP contribution >= 0.6 is 0 Å². The number of nitrogens with zero attached hydrogens (tertiary/aromatic N) is 4. The monoisotopic (exact) mass is 464 g/mol. The van der Waals surface area contributed by atoms with Gasteiger partial charge in [0.15, 0.2) is 5.84 Å². The van der Waals surface area contributed by atoms with Crippen LogP contribution in [0.5, 0.6) is 5.75 Å². The van der Waals surface area contributed by atoms with Crippen molar-refractivity contribution in [3.05, 3.63) is 83.2 Å². The Morgan fingerprint density at radius 2 is 2.06 bits per heavy atom. The van der Waals surface area contributed by atoms with Crippen molar-refractivity contribution in [1.29, 1.82) is 0 Å². The minimum absolute atomic E-state index is 0.315. The number of hydrogen-bond donors (Lipinski definition) is 1. The van der Waals surface area contributed by atoms with E-state index in [0.29, 0.717) is 36.1 Å². The highest BCUT2D eigenvalue weighted by Crippen LogP contribution is 2.38. The van der Waals surface area contributed by atoms with Gasteiger partial charge in [0, 0.05) is 23.4 Å². The molecule has 34 heavy (non-hydrogen) atoms. The van der Waals surface area contributed by atoms with Crippen molar-refractivity contribution in [1.82, 2.24) is 14.5 Å². The molecule has 0 amide bonds. The van der Waals surface area contributed by atoms with Gasteiger partial charge in [-0.05, 0) is 55.8 Å². The first-order valence-electron chi connectivity index (χ1n) is 10.9. The minimum atomic E-state index is -1.32. The lowest BCUT2D eigenvalue weighted by Gasteiger charge is -2.35. The molecule has 1 unspecified atom stereocenters. The Morgan fingerprint density at radius 1 is 1.21 bits per heavy atom. The van der Waals surface area contributed by atoms with E-state index < -0.39 is 18.1 Å². The number of aliphatic hydroxyl groups excluding tert-OH is 1. The zero-order chi connectivity index (χ0) is 23.9. The van der Waals surface area contributed by atoms with E-state index in [4.69, 9.17) is 14.3 Å². The first-order chi connectivity index (χ1) is 16.4. The van der Waals surface area contributed by atoms with Crippen molar-refractivity contribution in [3.63, 3.8) is 0 Å². The SMILES string of the molecule is COc1cc(C2=CC3=NOC(CO)(c4cc(C)cc(F)c4)N3CCO2)ccc1-n1cnc(C)c1. The molecule has 0 spiro atoms. The van der Waals surface area contributed by atoms with Crippen LogP contribution < -0.4 is 4.74 Å². The lowest BCUT2D eigenvalue weighted by atomic mass is 9.99. The zero-order valence-electron chi connectivity index (χ0n) is 19.2. The molecular formula is C25H25FN4O4. The van der Waals surface area contributed by atoms with E-state index in [1.807, 2.05) is 35.9 Å². The summed E-state index contributed by atoms with van der Waals surface area (Å²) in [6, 6.07) is 10.3. The molecule has 1 aromatic heterocycles. The number of methoxy groups -OCH3 is 1. The molecular weight excluding hydrogens is 439 g/mol. The van der Waals surface area contributed by atoms with Gasteiger partial charge >= 0.3 is 0 Å². The second-order valence-electron chi connectivity index (χ2n) is 8.32. The van der Waals surface area contributed by atoms with Gasteiger partial charge in [-0.15, -0.1) is 0 Å². The quantitative estimate of drug-likeness (QED) is 0.623. The van der Waals surface area contributed by atoms with E-state index in [2.05, 4.69) is 10.1 Å². The number of benzene rings is 2. The standard InChI is InChI=1S/C25H25FN4O4/c1-16-8-19(11-20(26)9-16)25(14-31)30-6-7-33-22(12-24(30)28-34-25)18-4-5-21(23(10-18)32-3)29-13-17(2)27-15-29/h4-5,8-13,15,31H,6-7,14H2,1-3H3. The molecule has 0 saturated carbocycles. The molecule has 2 aromatic carbocycles. The third kappa shape index (κ3) is 3.67. The molecule has 8 nitrogen and oxygen atoms in total. The predicted molar refractivity (Wildman–Crippen MR) is 124 cm³/mol. The summed E-state index contributed by atoms with van der Waals surface area (Å²) in [5.41, 5.74) is 2.45. The third-order valence-electron chi connectivity index (χ3n) is 6.00. The van der Waals surface area contributed by atoms with Crippen LogP contribution in [0.1, 0.15) is 22.4 Å². The Hall–Kier alpha value is -3.85. The Kier molecular flexibility index (Phi) is 5.49. The van der Waals surface area contributed by atoms with Crippen molar-refractivity contribution in [3.8, 4) is 11.4 Å². The maximum absolute atomic E-state index is 14.2. The number of rotatable bonds is 5. The Bertz CT molecular complexity index is 1280. The number of imidazole rings is 1. The average molecular weight is 464 g/mol. The van der Waals surface area contributed by atoms with Gasteiger partial charge in [-0.3, -0.25) is 0 Å². The highest BCUT2D eigenvalue weighted by molar-refractivity contribution is 5.99. The minimum Gasteiger partial charge on any atom is -0.495 e. The number of oxime groups is 1. The Labute approximate surface area is 196 Å². The smallest absolute Gasteiger partial charge is 0.260 e. The summed E-state index contributed by atoms with van der Waals surface area (Å²) in [4.78, 5) is 11.8. The van der Waals surface area contributed by atoms with Crippen LogP contribution in [0.15, 0.2) is 60.2 Å². The number of hydrogen-bond acceptors (Lipinski definition) is 7. The molecule has 3 heterocycles. The van der Waals surface area contributed by atoms with E-state index in [1.54, 1.807) is 37.4 Å². The average Bonchev–Trinajstić information content (AvgIpc) is 3.34. The fourth-order valence-corrected chi connectivity index (χ4v) is 4.35. The largest absolute Gasteiger partial charge is 0.495 e. The number of aliphatic hydroxyl groups is 1. The van der Waals surface area contributed by atoms with Crippen LogP contribution in [0, 0.1) is 19.7 Å². The van der Waals surface area contributed by atoms with E-state index >= 15 is 0 Å². The molecule has 0 bridgehead atoms. The molecule has 5 rings (SSSR count). The second kappa shape index (κ2) is 8.49. The van der Waals surface area contributed by atoms with Crippen molar-refractivity contribution < 1.29 is 23.8 Å². The summed E-state index contributed by atoms with van der Waals surface area (Å²) in [5.74, 6) is 1.32. The van der Waals surface area contributed by atoms with Gasteiger partial charge in [0.2, 0.25) is 0 Å². The van der Waals surface area contributed by atoms with Gasteiger partial charge in [-0.1, -0.05) is 5.16 Å². The van der Waals surface area contributed by atoms with E-state index in [1.165, 1.54) is 12.1 Å². The van der Waals surface area contributed by atoms with E-state index in [9.17, 15) is 9.50 Å². The van der Waals surface area contributed by atoms with Gasteiger partial charge in [0.25, 0.3) is 5.72 Å². The molecule has 1 atom stereocenters. The second-order valence-corrected chi connectivity index (χ2v) is 8.32. The van der Waals surface area contributed by atoms with Crippen molar-refractivity contribution in [2.24, 2.45) is 5.16 Å². The first kappa shape index (κ1) is 22.0. The molecule has 0 saturated heterocycles. The third-order valence-corrected chi connectivity index (χ3v) is 6.00. The van der Waals surface area contributed by atoms with Gasteiger partial charge in [0.05, 0.1) is 31.4 Å². The first-order valence-corrected chi connectivity index (χ1v) is 10.9. The zero-order valence-corrected chi connectivity index (χ0v) is 19.2. The topological polar surface area (TPSA) is 81.3 Å². The Morgan fingerprint density at radius 3 is 2.76 bits per heavy atom. The Balaban J connectivity index is 1.50. The summed E-state index contributed by atoms with van der Waals surface area (Å²) in [6.07, 6.45) is 5.41. The molecule has 0 radical (unpaired) electrons. The highest BCUT2D eigenvalue weighted by Gasteiger charge is 2.48. The number of fused-ring (bicyclic) bond motifs is 1. The number of aromatic nitrogens is 2. The van der Waals surface area contributed by atoms with Crippen LogP contribution in [0.3, 0.4) is 0 Å². The van der Waals surface area contributed by atoms with Crippen molar-refractivity contribution in [2.45, 2.75) is 19.6 Å². The van der Waals surface area contributed by atoms with E-state index in [0.717, 1.165) is 22.5 Å². The summed E-state index contributed by atoms with van der Waals surface area (Å²) < 4.78 is 27.7. The number of ether oxygens (including phenoxy) is 2. The summed E-state index contributed by atoms with van der Waals surface area (Å²) >= 11 is 0. The molecule has 3 aromatic rings. The maximum atomic E-state index is 14.2. The van der Waals surface area contributed by atoms with Gasteiger partial charge in [0.1, 0.15) is 30.5 Å². The fourth-order valence-electron chi connectivity index (χ4n) is 4.35. The van der Waals surface area contributed by atoms with Crippen LogP contribution in [-0.2, 0) is 15.3 Å². The van der Waals surface area contributed by atoms with Crippen LogP contribution in [0.2, 0.25) is 0 Å². The van der Waals surface area contributed by atoms with Gasteiger partial charge < -0.3 is 28.9 Å². The molecule has 2 aliphatic heterocycles. The van der Waals surface area contributed by atoms with Crippen molar-refractivity contribution >= 4 is 11.6 Å². The molecule has 176 valence electrons. The predicted octanol–water partition coefficient (Wildman–Crippen LogP) is 3.50. The number of amidine groups is 1. The lowest BCUT2D eigenvalue weighted by molar-refractivity contribution is -0.138. The van der Waals surface area contributed by atoms with Gasteiger partial charge in [-0.2, -0.15) is 0 Å². The molecule has 1 N–H and O–H groups in total. The van der Waals surface area contributed by atoms with Crippen LogP contribution in [-0.4, -0.2) is 52.3 Å². The highest BCUT2D eigenvalue weighted by atomic mass is 19.1. The maximum Gasteiger partial charge on any atom is 0.260 e. The normalized spacial score (nSPS) is 19.5. The number of aryl methyl sites for hydroxylation is 2. The van der Waals surface area contributed by atoms with Crippen molar-refractivity contribution in [2.75, 3.05) is 26.9 Å². The van der Waals surface area contributed by atoms with Gasteiger partial charge in [-0.25, -0.2) is 9.37 Å². The molecule has 2 aliphatic rings. The molecule has 0 fully saturated rings. The fraction of sp³-hybridized carbons (Fsp3) is 0.280. The number of halogens is 1. The molecule has 0 aliphatic carbocycles. The van der Waals surface area contributed by atoms with E-state index in [-0.39, 0.29) is 0 Å². The summed E-state index contributed by atoms with van der Waals surface area (Å²) in [6.45, 7) is 4.02. The lowest BCUT2D eigenvalue weighted by Crippen LogP contribution is -2.49. The summed E-state index contributed by atoms with van der Waals surface area (Å²) in [7, 11) is 1.61. The molecule has 9 heteroatoms. The van der Waals surface area contributed by atoms with Crippen LogP contribution in [0.4, 0.5) is 4.39 Å².